The van der Waals surface area contributed by atoms with Gasteiger partial charge in [0, 0.05) is 11.8 Å². The van der Waals surface area contributed by atoms with Crippen LogP contribution in [0, 0.1) is 0 Å². The number of rotatable bonds is 18. The van der Waals surface area contributed by atoms with E-state index < -0.39 is 5.97 Å². The van der Waals surface area contributed by atoms with Crippen LogP contribution >= 0.6 is 11.3 Å². The van der Waals surface area contributed by atoms with Gasteiger partial charge >= 0.3 is 5.97 Å². The van der Waals surface area contributed by atoms with Crippen molar-refractivity contribution in [2.45, 2.75) is 65.2 Å². The molecule has 0 spiro atoms. The molecule has 0 saturated carbocycles. The number of methoxy groups -OCH3 is 1. The summed E-state index contributed by atoms with van der Waals surface area (Å²) >= 11 is 1.40. The molecule has 8 nitrogen and oxygen atoms in total. The van der Waals surface area contributed by atoms with Gasteiger partial charge in [-0.25, -0.2) is 9.79 Å². The van der Waals surface area contributed by atoms with Gasteiger partial charge in [-0.3, -0.25) is 0 Å². The minimum Gasteiger partial charge on any atom is -0.494 e. The van der Waals surface area contributed by atoms with Gasteiger partial charge in [0.05, 0.1) is 25.9 Å². The molecular formula is C35H41N3O5S. The summed E-state index contributed by atoms with van der Waals surface area (Å²) in [5.41, 5.74) is 2.13. The Morgan fingerprint density at radius 2 is 1.48 bits per heavy atom. The average molecular weight is 616 g/mol. The minimum absolute atomic E-state index is 0.312. The van der Waals surface area contributed by atoms with E-state index in [1.165, 1.54) is 63.4 Å². The molecule has 44 heavy (non-hydrogen) atoms. The summed E-state index contributed by atoms with van der Waals surface area (Å²) in [6.07, 6.45) is 11.9. The second-order valence-electron chi connectivity index (χ2n) is 10.3. The van der Waals surface area contributed by atoms with E-state index in [-0.39, 0.29) is 0 Å². The van der Waals surface area contributed by atoms with Gasteiger partial charge in [-0.1, -0.05) is 63.2 Å². The monoisotopic (exact) mass is 615 g/mol. The maximum atomic E-state index is 12.6. The summed E-state index contributed by atoms with van der Waals surface area (Å²) in [4.78, 5) is 17.1. The summed E-state index contributed by atoms with van der Waals surface area (Å²) in [5.74, 6) is 1.79. The van der Waals surface area contributed by atoms with E-state index in [4.69, 9.17) is 18.9 Å². The molecule has 0 amide bonds. The summed E-state index contributed by atoms with van der Waals surface area (Å²) in [7, 11) is 1.52. The van der Waals surface area contributed by atoms with Crippen molar-refractivity contribution in [3.05, 3.63) is 77.9 Å². The van der Waals surface area contributed by atoms with Gasteiger partial charge in [-0.15, -0.1) is 10.2 Å². The molecule has 0 atom stereocenters. The van der Waals surface area contributed by atoms with E-state index in [1.807, 2.05) is 31.2 Å². The summed E-state index contributed by atoms with van der Waals surface area (Å²) < 4.78 is 22.4. The van der Waals surface area contributed by atoms with E-state index in [1.54, 1.807) is 48.7 Å². The Bertz CT molecular complexity index is 1470. The van der Waals surface area contributed by atoms with Gasteiger partial charge in [-0.2, -0.15) is 0 Å². The first-order valence-electron chi connectivity index (χ1n) is 15.3. The van der Waals surface area contributed by atoms with E-state index in [0.29, 0.717) is 34.6 Å². The molecule has 0 aliphatic heterocycles. The lowest BCUT2D eigenvalue weighted by Crippen LogP contribution is -2.09. The van der Waals surface area contributed by atoms with E-state index in [2.05, 4.69) is 22.1 Å². The zero-order chi connectivity index (χ0) is 31.0. The smallest absolute Gasteiger partial charge is 0.343 e. The number of hydrogen-bond acceptors (Lipinski definition) is 9. The molecule has 0 aliphatic rings. The van der Waals surface area contributed by atoms with Crippen molar-refractivity contribution in [1.82, 2.24) is 10.2 Å². The van der Waals surface area contributed by atoms with Gasteiger partial charge < -0.3 is 18.9 Å². The van der Waals surface area contributed by atoms with Crippen molar-refractivity contribution in [3.8, 4) is 33.6 Å². The minimum atomic E-state index is -0.489. The predicted octanol–water partition coefficient (Wildman–Crippen LogP) is 9.10. The van der Waals surface area contributed by atoms with Gasteiger partial charge in [0.15, 0.2) is 11.5 Å². The van der Waals surface area contributed by atoms with Crippen molar-refractivity contribution < 1.29 is 23.7 Å². The molecule has 0 unspecified atom stereocenters. The number of hydrogen-bond donors (Lipinski definition) is 0. The highest BCUT2D eigenvalue weighted by atomic mass is 32.1. The third kappa shape index (κ3) is 10.2. The largest absolute Gasteiger partial charge is 0.494 e. The van der Waals surface area contributed by atoms with Gasteiger partial charge in [-0.05, 0) is 85.6 Å². The number of aliphatic imine (C=N–C) groups is 1. The predicted molar refractivity (Wildman–Crippen MR) is 176 cm³/mol. The number of unbranched alkanes of at least 4 members (excludes halogenated alkanes) is 7. The van der Waals surface area contributed by atoms with Crippen LogP contribution in [0.4, 0.5) is 5.13 Å². The molecule has 1 aromatic heterocycles. The fourth-order valence-corrected chi connectivity index (χ4v) is 5.19. The van der Waals surface area contributed by atoms with Crippen LogP contribution in [0.2, 0.25) is 0 Å². The Morgan fingerprint density at radius 3 is 2.18 bits per heavy atom. The zero-order valence-corrected chi connectivity index (χ0v) is 26.6. The van der Waals surface area contributed by atoms with Crippen molar-refractivity contribution >= 4 is 28.7 Å². The Kier molecular flexibility index (Phi) is 13.2. The van der Waals surface area contributed by atoms with Crippen LogP contribution in [0.1, 0.15) is 81.1 Å². The molecule has 232 valence electrons. The maximum absolute atomic E-state index is 12.6. The van der Waals surface area contributed by atoms with Gasteiger partial charge in [0.1, 0.15) is 16.5 Å². The molecule has 4 rings (SSSR count). The van der Waals surface area contributed by atoms with Crippen molar-refractivity contribution in [1.29, 1.82) is 0 Å². The highest BCUT2D eigenvalue weighted by Gasteiger charge is 2.13. The van der Waals surface area contributed by atoms with Gasteiger partial charge in [0.2, 0.25) is 5.13 Å². The highest BCUT2D eigenvalue weighted by Crippen LogP contribution is 2.31. The lowest BCUT2D eigenvalue weighted by molar-refractivity contribution is 0.0729. The fraction of sp³-hybridized carbons (Fsp3) is 0.371. The lowest BCUT2D eigenvalue weighted by Gasteiger charge is -2.10. The highest BCUT2D eigenvalue weighted by molar-refractivity contribution is 7.18. The van der Waals surface area contributed by atoms with E-state index in [9.17, 15) is 4.79 Å². The number of benzene rings is 3. The number of ether oxygens (including phenoxy) is 4. The van der Waals surface area contributed by atoms with Crippen LogP contribution < -0.4 is 18.9 Å². The zero-order valence-electron chi connectivity index (χ0n) is 25.8. The first kappa shape index (κ1) is 32.7. The third-order valence-electron chi connectivity index (χ3n) is 6.90. The van der Waals surface area contributed by atoms with Crippen LogP contribution in [0.5, 0.6) is 23.0 Å². The molecule has 0 bridgehead atoms. The standard InChI is InChI=1S/C35H41N3O5S/c1-4-6-7-8-9-10-11-12-23-42-30-18-14-27(15-19-30)33-37-38-35(44-33)36-25-26-13-22-31(32(24-26)40-3)43-34(39)28-16-20-29(21-17-28)41-5-2/h13-22,24-25H,4-12,23H2,1-3H3/b36-25+. The van der Waals surface area contributed by atoms with E-state index >= 15 is 0 Å². The summed E-state index contributed by atoms with van der Waals surface area (Å²) in [5, 5.41) is 9.82. The second kappa shape index (κ2) is 17.8. The third-order valence-corrected chi connectivity index (χ3v) is 7.78. The van der Waals surface area contributed by atoms with Crippen molar-refractivity contribution in [2.75, 3.05) is 20.3 Å². The van der Waals surface area contributed by atoms with Crippen molar-refractivity contribution in [2.24, 2.45) is 4.99 Å². The molecule has 9 heteroatoms. The maximum Gasteiger partial charge on any atom is 0.343 e. The molecule has 0 aliphatic carbocycles. The molecule has 0 fully saturated rings. The van der Waals surface area contributed by atoms with Crippen molar-refractivity contribution in [3.63, 3.8) is 0 Å². The Labute approximate surface area is 264 Å². The number of nitrogens with zero attached hydrogens (tertiary/aromatic N) is 3. The van der Waals surface area contributed by atoms with Crippen LogP contribution in [0.25, 0.3) is 10.6 Å². The van der Waals surface area contributed by atoms with Crippen LogP contribution in [0.15, 0.2) is 71.7 Å². The number of esters is 1. The summed E-state index contributed by atoms with van der Waals surface area (Å²) in [6.45, 7) is 5.45. The fourth-order valence-electron chi connectivity index (χ4n) is 4.50. The lowest BCUT2D eigenvalue weighted by atomic mass is 10.1. The summed E-state index contributed by atoms with van der Waals surface area (Å²) in [6, 6.07) is 20.0. The Hall–Kier alpha value is -4.24. The molecular weight excluding hydrogens is 574 g/mol. The second-order valence-corrected chi connectivity index (χ2v) is 11.2. The quantitative estimate of drug-likeness (QED) is 0.0477. The van der Waals surface area contributed by atoms with E-state index in [0.717, 1.165) is 34.9 Å². The number of aromatic nitrogens is 2. The first-order chi connectivity index (χ1) is 21.6. The number of carbonyl (C=O) groups is 1. The number of carbonyl (C=O) groups excluding carboxylic acids is 1. The molecule has 3 aromatic carbocycles. The Balaban J connectivity index is 1.26. The molecule has 1 heterocycles. The first-order valence-corrected chi connectivity index (χ1v) is 16.1. The SMILES string of the molecule is CCCCCCCCCCOc1ccc(-c2nnc(/N=C/c3ccc(OC(=O)c4ccc(OCC)cc4)c(OC)c3)s2)cc1. The van der Waals surface area contributed by atoms with Gasteiger partial charge in [0.25, 0.3) is 0 Å². The molecule has 0 N–H and O–H groups in total. The Morgan fingerprint density at radius 1 is 0.795 bits per heavy atom. The van der Waals surface area contributed by atoms with Crippen LogP contribution in [-0.2, 0) is 0 Å². The molecule has 4 aromatic rings. The topological polar surface area (TPSA) is 92.1 Å². The van der Waals surface area contributed by atoms with Crippen LogP contribution in [-0.4, -0.2) is 42.7 Å². The van der Waals surface area contributed by atoms with Crippen LogP contribution in [0.3, 0.4) is 0 Å². The average Bonchev–Trinajstić information content (AvgIpc) is 3.53. The molecule has 0 saturated heterocycles. The molecule has 0 radical (unpaired) electrons. The normalized spacial score (nSPS) is 11.1.